The molecule has 0 radical (unpaired) electrons. The summed E-state index contributed by atoms with van der Waals surface area (Å²) < 4.78 is 5.18. The number of carbonyl (C=O) groups is 1. The molecular formula is C15H17NO4. The number of likely N-dealkylation sites (N-methyl/N-ethyl adjacent to an activating group) is 1. The predicted octanol–water partition coefficient (Wildman–Crippen LogP) is 2.01. The molecule has 1 unspecified atom stereocenters. The van der Waals surface area contributed by atoms with Gasteiger partial charge in [-0.05, 0) is 38.1 Å². The summed E-state index contributed by atoms with van der Waals surface area (Å²) in [6.45, 7) is 3.91. The number of aryl methyl sites for hydroxylation is 1. The molecule has 5 nitrogen and oxygen atoms in total. The molecule has 0 aliphatic rings. The van der Waals surface area contributed by atoms with Crippen LogP contribution < -0.4 is 5.63 Å². The maximum atomic E-state index is 11.6. The molecule has 0 aliphatic heterocycles. The van der Waals surface area contributed by atoms with Crippen LogP contribution in [-0.4, -0.2) is 29.1 Å². The highest BCUT2D eigenvalue weighted by molar-refractivity contribution is 5.81. The maximum absolute atomic E-state index is 11.6. The number of carboxylic acids is 1. The van der Waals surface area contributed by atoms with Gasteiger partial charge in [0, 0.05) is 18.0 Å². The molecule has 0 saturated carbocycles. The first-order chi connectivity index (χ1) is 9.38. The first-order valence-corrected chi connectivity index (χ1v) is 6.35. The van der Waals surface area contributed by atoms with E-state index in [1.165, 1.54) is 6.07 Å². The number of rotatable bonds is 4. The van der Waals surface area contributed by atoms with Gasteiger partial charge in [-0.1, -0.05) is 12.1 Å². The molecule has 1 atom stereocenters. The Labute approximate surface area is 116 Å². The highest BCUT2D eigenvalue weighted by Crippen LogP contribution is 2.20. The third kappa shape index (κ3) is 2.88. The van der Waals surface area contributed by atoms with Crippen molar-refractivity contribution >= 4 is 16.9 Å². The molecule has 2 rings (SSSR count). The molecule has 0 fully saturated rings. The topological polar surface area (TPSA) is 70.8 Å². The van der Waals surface area contributed by atoms with Crippen molar-refractivity contribution in [2.45, 2.75) is 26.4 Å². The molecule has 1 aromatic carbocycles. The van der Waals surface area contributed by atoms with Crippen molar-refractivity contribution in [2.75, 3.05) is 7.05 Å². The van der Waals surface area contributed by atoms with Crippen LogP contribution in [0.15, 0.2) is 33.5 Å². The number of aliphatic carboxylic acids is 1. The lowest BCUT2D eigenvalue weighted by molar-refractivity contribution is -0.142. The highest BCUT2D eigenvalue weighted by Gasteiger charge is 2.18. The number of fused-ring (bicyclic) bond motifs is 1. The lowest BCUT2D eigenvalue weighted by atomic mass is 10.1. The summed E-state index contributed by atoms with van der Waals surface area (Å²) in [7, 11) is 1.72. The van der Waals surface area contributed by atoms with Gasteiger partial charge in [-0.25, -0.2) is 4.79 Å². The van der Waals surface area contributed by atoms with E-state index >= 15 is 0 Å². The monoisotopic (exact) mass is 275 g/mol. The molecule has 1 aromatic heterocycles. The van der Waals surface area contributed by atoms with Crippen LogP contribution >= 0.6 is 0 Å². The second-order valence-electron chi connectivity index (χ2n) is 5.02. The van der Waals surface area contributed by atoms with Crippen molar-refractivity contribution in [3.05, 3.63) is 45.8 Å². The zero-order chi connectivity index (χ0) is 14.9. The minimum atomic E-state index is -0.893. The van der Waals surface area contributed by atoms with Gasteiger partial charge < -0.3 is 9.52 Å². The van der Waals surface area contributed by atoms with E-state index in [2.05, 4.69) is 0 Å². The summed E-state index contributed by atoms with van der Waals surface area (Å²) in [5, 5.41) is 9.85. The van der Waals surface area contributed by atoms with Gasteiger partial charge in [0.05, 0.1) is 0 Å². The van der Waals surface area contributed by atoms with Gasteiger partial charge in [-0.2, -0.15) is 0 Å². The van der Waals surface area contributed by atoms with Gasteiger partial charge in [0.15, 0.2) is 0 Å². The lowest BCUT2D eigenvalue weighted by Crippen LogP contribution is -2.35. The molecule has 2 aromatic rings. The summed E-state index contributed by atoms with van der Waals surface area (Å²) in [6.07, 6.45) is 0. The van der Waals surface area contributed by atoms with Gasteiger partial charge in [0.2, 0.25) is 0 Å². The second kappa shape index (κ2) is 5.46. The van der Waals surface area contributed by atoms with E-state index < -0.39 is 17.6 Å². The Bertz CT molecular complexity index is 705. The molecule has 0 spiro atoms. The van der Waals surface area contributed by atoms with Gasteiger partial charge in [-0.15, -0.1) is 0 Å². The summed E-state index contributed by atoms with van der Waals surface area (Å²) in [6, 6.07) is 6.43. The highest BCUT2D eigenvalue weighted by atomic mass is 16.4. The Morgan fingerprint density at radius 1 is 1.40 bits per heavy atom. The van der Waals surface area contributed by atoms with Crippen LogP contribution in [0.25, 0.3) is 11.0 Å². The molecular weight excluding hydrogens is 258 g/mol. The predicted molar refractivity (Wildman–Crippen MR) is 75.8 cm³/mol. The molecule has 0 bridgehead atoms. The number of hydrogen-bond donors (Lipinski definition) is 1. The van der Waals surface area contributed by atoms with Crippen molar-refractivity contribution in [1.82, 2.24) is 4.90 Å². The standard InChI is InChI=1S/C15H17NO4/c1-9-4-5-12-11(7-14(17)20-13(12)6-9)8-16(3)10(2)15(18)19/h4-7,10H,8H2,1-3H3,(H,18,19). The van der Waals surface area contributed by atoms with Crippen molar-refractivity contribution in [3.63, 3.8) is 0 Å². The van der Waals surface area contributed by atoms with E-state index in [-0.39, 0.29) is 0 Å². The smallest absolute Gasteiger partial charge is 0.336 e. The van der Waals surface area contributed by atoms with Crippen LogP contribution in [-0.2, 0) is 11.3 Å². The zero-order valence-electron chi connectivity index (χ0n) is 11.7. The maximum Gasteiger partial charge on any atom is 0.336 e. The number of carboxylic acid groups (broad SMARTS) is 1. The van der Waals surface area contributed by atoms with Gasteiger partial charge in [0.25, 0.3) is 0 Å². The van der Waals surface area contributed by atoms with Gasteiger partial charge >= 0.3 is 11.6 Å². The summed E-state index contributed by atoms with van der Waals surface area (Å²) in [5.74, 6) is -0.893. The quantitative estimate of drug-likeness (QED) is 0.864. The number of hydrogen-bond acceptors (Lipinski definition) is 4. The normalized spacial score (nSPS) is 12.8. The van der Waals surface area contributed by atoms with Crippen molar-refractivity contribution < 1.29 is 14.3 Å². The number of benzene rings is 1. The van der Waals surface area contributed by atoms with Crippen LogP contribution in [0.3, 0.4) is 0 Å². The fraction of sp³-hybridized carbons (Fsp3) is 0.333. The first-order valence-electron chi connectivity index (χ1n) is 6.35. The SMILES string of the molecule is Cc1ccc2c(CN(C)C(C)C(=O)O)cc(=O)oc2c1. The average Bonchev–Trinajstić information content (AvgIpc) is 2.36. The second-order valence-corrected chi connectivity index (χ2v) is 5.02. The Morgan fingerprint density at radius 3 is 2.75 bits per heavy atom. The van der Waals surface area contributed by atoms with Crippen LogP contribution in [0, 0.1) is 6.92 Å². The molecule has 0 saturated heterocycles. The van der Waals surface area contributed by atoms with E-state index in [0.29, 0.717) is 12.1 Å². The van der Waals surface area contributed by atoms with Crippen molar-refractivity contribution in [3.8, 4) is 0 Å². The fourth-order valence-electron chi connectivity index (χ4n) is 2.06. The molecule has 1 N–H and O–H groups in total. The number of nitrogens with zero attached hydrogens (tertiary/aromatic N) is 1. The minimum absolute atomic E-state index is 0.374. The third-order valence-corrected chi connectivity index (χ3v) is 3.42. The van der Waals surface area contributed by atoms with Crippen LogP contribution in [0.2, 0.25) is 0 Å². The Kier molecular flexibility index (Phi) is 3.90. The Hall–Kier alpha value is -2.14. The fourth-order valence-corrected chi connectivity index (χ4v) is 2.06. The van der Waals surface area contributed by atoms with Crippen molar-refractivity contribution in [2.24, 2.45) is 0 Å². The average molecular weight is 275 g/mol. The van der Waals surface area contributed by atoms with Gasteiger partial charge in [0.1, 0.15) is 11.6 Å². The zero-order valence-corrected chi connectivity index (χ0v) is 11.7. The van der Waals surface area contributed by atoms with Crippen molar-refractivity contribution in [1.29, 1.82) is 0 Å². The molecule has 1 heterocycles. The van der Waals surface area contributed by atoms with Gasteiger partial charge in [-0.3, -0.25) is 9.69 Å². The third-order valence-electron chi connectivity index (χ3n) is 3.42. The Balaban J connectivity index is 2.44. The summed E-state index contributed by atoms with van der Waals surface area (Å²) >= 11 is 0. The molecule has 0 amide bonds. The summed E-state index contributed by atoms with van der Waals surface area (Å²) in [5.41, 5.74) is 1.88. The van der Waals surface area contributed by atoms with Crippen LogP contribution in [0.4, 0.5) is 0 Å². The van der Waals surface area contributed by atoms with Crippen LogP contribution in [0.5, 0.6) is 0 Å². The largest absolute Gasteiger partial charge is 0.480 e. The Morgan fingerprint density at radius 2 is 2.10 bits per heavy atom. The first kappa shape index (κ1) is 14.3. The molecule has 106 valence electrons. The van der Waals surface area contributed by atoms with E-state index in [1.807, 2.05) is 19.1 Å². The van der Waals surface area contributed by atoms with E-state index in [0.717, 1.165) is 16.5 Å². The molecule has 0 aliphatic carbocycles. The van der Waals surface area contributed by atoms with E-state index in [9.17, 15) is 9.59 Å². The van der Waals surface area contributed by atoms with E-state index in [4.69, 9.17) is 9.52 Å². The minimum Gasteiger partial charge on any atom is -0.480 e. The molecule has 20 heavy (non-hydrogen) atoms. The van der Waals surface area contributed by atoms with E-state index in [1.54, 1.807) is 24.9 Å². The lowest BCUT2D eigenvalue weighted by Gasteiger charge is -2.21. The summed E-state index contributed by atoms with van der Waals surface area (Å²) in [4.78, 5) is 24.3. The molecule has 5 heteroatoms. The van der Waals surface area contributed by atoms with Crippen LogP contribution in [0.1, 0.15) is 18.1 Å².